The molecule has 1 saturated heterocycles. The monoisotopic (exact) mass is 608 g/mol. The summed E-state index contributed by atoms with van der Waals surface area (Å²) in [7, 11) is 0. The third kappa shape index (κ3) is 5.80. The Morgan fingerprint density at radius 2 is 1.80 bits per heavy atom. The smallest absolute Gasteiger partial charge is 0.301 e. The van der Waals surface area contributed by atoms with Crippen molar-refractivity contribution in [2.45, 2.75) is 23.1 Å². The minimum absolute atomic E-state index is 0.142. The minimum atomic E-state index is -1.10. The lowest BCUT2D eigenvalue weighted by molar-refractivity contribution is -0.384. The fraction of sp³-hybridized carbons (Fsp3) is 0.143. The van der Waals surface area contributed by atoms with Crippen molar-refractivity contribution in [3.05, 3.63) is 110 Å². The van der Waals surface area contributed by atoms with Gasteiger partial charge in [0.15, 0.2) is 4.34 Å². The number of non-ortho nitro benzene ring substituents is 1. The highest BCUT2D eigenvalue weighted by molar-refractivity contribution is 8.00. The number of nitro benzene ring substituents is 1. The van der Waals surface area contributed by atoms with Gasteiger partial charge in [-0.3, -0.25) is 24.6 Å². The Balaban J connectivity index is 1.54. The van der Waals surface area contributed by atoms with Gasteiger partial charge in [0, 0.05) is 28.5 Å². The molecular weight excluding hydrogens is 588 g/mol. The molecule has 1 unspecified atom stereocenters. The normalized spacial score (nSPS) is 16.2. The molecule has 1 aliphatic heterocycles. The lowest BCUT2D eigenvalue weighted by atomic mass is 9.95. The van der Waals surface area contributed by atoms with E-state index in [4.69, 9.17) is 16.3 Å². The van der Waals surface area contributed by atoms with Crippen LogP contribution in [0.3, 0.4) is 0 Å². The number of hydrogen-bond donors (Lipinski definition) is 1. The van der Waals surface area contributed by atoms with Crippen molar-refractivity contribution in [1.29, 1.82) is 0 Å². The van der Waals surface area contributed by atoms with Gasteiger partial charge in [-0.15, -0.1) is 10.2 Å². The van der Waals surface area contributed by atoms with E-state index in [2.05, 4.69) is 10.2 Å². The van der Waals surface area contributed by atoms with Gasteiger partial charge in [0.1, 0.15) is 11.5 Å². The molecule has 3 aromatic carbocycles. The molecule has 0 saturated carbocycles. The van der Waals surface area contributed by atoms with Gasteiger partial charge in [-0.25, -0.2) is 0 Å². The summed E-state index contributed by atoms with van der Waals surface area (Å²) >= 11 is 8.73. The number of ketones is 1. The van der Waals surface area contributed by atoms with E-state index in [0.29, 0.717) is 38.6 Å². The lowest BCUT2D eigenvalue weighted by Crippen LogP contribution is -2.29. The van der Waals surface area contributed by atoms with Crippen LogP contribution in [0.4, 0.5) is 10.8 Å². The number of carbonyl (C=O) groups is 2. The molecule has 5 rings (SSSR count). The number of ether oxygens (including phenoxy) is 1. The number of Topliss-reactive ketones (excluding diaryl/α,β-unsaturated/α-hetero) is 1. The number of aromatic nitrogens is 2. The van der Waals surface area contributed by atoms with Crippen molar-refractivity contribution in [3.63, 3.8) is 0 Å². The molecule has 4 aromatic rings. The van der Waals surface area contributed by atoms with Gasteiger partial charge in [-0.1, -0.05) is 52.9 Å². The number of hydrogen-bond acceptors (Lipinski definition) is 10. The Bertz CT molecular complexity index is 1660. The average molecular weight is 609 g/mol. The van der Waals surface area contributed by atoms with E-state index >= 15 is 0 Å². The fourth-order valence-corrected chi connectivity index (χ4v) is 6.42. The van der Waals surface area contributed by atoms with E-state index in [0.717, 1.165) is 16.9 Å². The highest BCUT2D eigenvalue weighted by atomic mass is 35.5. The SMILES string of the molecule is CCOc1ccc(/C(O)=C2/C(=O)C(=O)N(c3nnc(SCc4ccccc4Cl)s3)C2c2ccc([N+](=O)[O-])cc2)cc1. The summed E-state index contributed by atoms with van der Waals surface area (Å²) in [6.45, 7) is 2.30. The second kappa shape index (κ2) is 12.1. The molecule has 13 heteroatoms. The summed E-state index contributed by atoms with van der Waals surface area (Å²) in [6, 6.07) is 18.2. The predicted molar refractivity (Wildman–Crippen MR) is 156 cm³/mol. The van der Waals surface area contributed by atoms with E-state index in [1.807, 2.05) is 25.1 Å². The zero-order valence-electron chi connectivity index (χ0n) is 21.4. The molecule has 1 fully saturated rings. The maximum absolute atomic E-state index is 13.4. The van der Waals surface area contributed by atoms with Crippen molar-refractivity contribution in [3.8, 4) is 5.75 Å². The molecule has 1 atom stereocenters. The molecule has 41 heavy (non-hydrogen) atoms. The first-order valence-electron chi connectivity index (χ1n) is 12.3. The van der Waals surface area contributed by atoms with Crippen molar-refractivity contribution < 1.29 is 24.4 Å². The largest absolute Gasteiger partial charge is 0.507 e. The van der Waals surface area contributed by atoms with Gasteiger partial charge in [-0.2, -0.15) is 0 Å². The van der Waals surface area contributed by atoms with Crippen LogP contribution < -0.4 is 9.64 Å². The van der Waals surface area contributed by atoms with Crippen molar-refractivity contribution in [2.24, 2.45) is 0 Å². The standard InChI is InChI=1S/C28H21ClN4O6S2/c1-2-39-20-13-9-17(10-14-20)24(34)22-23(16-7-11-19(12-8-16)33(37)38)32(26(36)25(22)35)27-30-31-28(41-27)40-15-18-5-3-4-6-21(18)29/h3-14,23,34H,2,15H2,1H3/b24-22-. The number of benzene rings is 3. The van der Waals surface area contributed by atoms with Crippen LogP contribution in [0.15, 0.2) is 82.7 Å². The van der Waals surface area contributed by atoms with E-state index in [9.17, 15) is 24.8 Å². The number of nitrogens with zero attached hydrogens (tertiary/aromatic N) is 4. The molecule has 1 aliphatic rings. The Labute approximate surface area is 247 Å². The summed E-state index contributed by atoms with van der Waals surface area (Å²) in [5, 5.41) is 31.7. The first kappa shape index (κ1) is 28.3. The Morgan fingerprint density at radius 3 is 2.46 bits per heavy atom. The molecule has 2 heterocycles. The molecule has 1 aromatic heterocycles. The summed E-state index contributed by atoms with van der Waals surface area (Å²) < 4.78 is 5.99. The van der Waals surface area contributed by atoms with E-state index in [-0.39, 0.29) is 16.4 Å². The quantitative estimate of drug-likeness (QED) is 0.0434. The van der Waals surface area contributed by atoms with Crippen molar-refractivity contribution in [1.82, 2.24) is 10.2 Å². The van der Waals surface area contributed by atoms with Crippen LogP contribution in [0.2, 0.25) is 5.02 Å². The maximum atomic E-state index is 13.4. The second-order valence-electron chi connectivity index (χ2n) is 8.71. The average Bonchev–Trinajstić information content (AvgIpc) is 3.54. The number of thioether (sulfide) groups is 1. The first-order valence-corrected chi connectivity index (χ1v) is 14.4. The number of nitro groups is 1. The van der Waals surface area contributed by atoms with Crippen molar-refractivity contribution >= 4 is 63.0 Å². The van der Waals surface area contributed by atoms with Gasteiger partial charge in [0.2, 0.25) is 5.13 Å². The van der Waals surface area contributed by atoms with Crippen LogP contribution in [0.25, 0.3) is 5.76 Å². The number of amides is 1. The molecule has 10 nitrogen and oxygen atoms in total. The number of aliphatic hydroxyl groups is 1. The predicted octanol–water partition coefficient (Wildman–Crippen LogP) is 6.42. The zero-order chi connectivity index (χ0) is 29.1. The van der Waals surface area contributed by atoms with Crippen LogP contribution in [-0.4, -0.2) is 38.5 Å². The van der Waals surface area contributed by atoms with E-state index in [1.54, 1.807) is 30.3 Å². The van der Waals surface area contributed by atoms with Crippen LogP contribution in [0.5, 0.6) is 5.75 Å². The lowest BCUT2D eigenvalue weighted by Gasteiger charge is -2.22. The van der Waals surface area contributed by atoms with Gasteiger partial charge >= 0.3 is 5.91 Å². The van der Waals surface area contributed by atoms with Gasteiger partial charge in [0.05, 0.1) is 23.1 Å². The number of aliphatic hydroxyl groups excluding tert-OH is 1. The molecule has 0 bridgehead atoms. The Hall–Kier alpha value is -4.26. The zero-order valence-corrected chi connectivity index (χ0v) is 23.8. The molecular formula is C28H21ClN4O6S2. The molecule has 1 amide bonds. The third-order valence-electron chi connectivity index (χ3n) is 6.21. The highest BCUT2D eigenvalue weighted by Gasteiger charge is 2.48. The summed E-state index contributed by atoms with van der Waals surface area (Å²) in [5.74, 6) is -1.13. The number of anilines is 1. The topological polar surface area (TPSA) is 136 Å². The first-order chi connectivity index (χ1) is 19.8. The molecule has 1 N–H and O–H groups in total. The van der Waals surface area contributed by atoms with Gasteiger partial charge < -0.3 is 9.84 Å². The van der Waals surface area contributed by atoms with Crippen molar-refractivity contribution in [2.75, 3.05) is 11.5 Å². The Kier molecular flexibility index (Phi) is 8.34. The highest BCUT2D eigenvalue weighted by Crippen LogP contribution is 2.44. The fourth-order valence-electron chi connectivity index (χ4n) is 4.27. The number of carbonyl (C=O) groups excluding carboxylic acids is 2. The summed E-state index contributed by atoms with van der Waals surface area (Å²) in [6.07, 6.45) is 0. The third-order valence-corrected chi connectivity index (χ3v) is 8.69. The van der Waals surface area contributed by atoms with Crippen LogP contribution >= 0.6 is 34.7 Å². The molecule has 0 radical (unpaired) electrons. The minimum Gasteiger partial charge on any atom is -0.507 e. The van der Waals surface area contributed by atoms with Crippen LogP contribution in [0, 0.1) is 10.1 Å². The van der Waals surface area contributed by atoms with Gasteiger partial charge in [-0.05, 0) is 60.5 Å². The second-order valence-corrected chi connectivity index (χ2v) is 11.3. The van der Waals surface area contributed by atoms with Crippen LogP contribution in [-0.2, 0) is 15.3 Å². The number of rotatable bonds is 9. The Morgan fingerprint density at radius 1 is 1.10 bits per heavy atom. The molecule has 208 valence electrons. The van der Waals surface area contributed by atoms with Crippen LogP contribution in [0.1, 0.15) is 29.7 Å². The van der Waals surface area contributed by atoms with Gasteiger partial charge in [0.25, 0.3) is 11.5 Å². The van der Waals surface area contributed by atoms with E-state index in [1.165, 1.54) is 40.9 Å². The molecule has 0 aliphatic carbocycles. The maximum Gasteiger partial charge on any atom is 0.301 e. The number of halogens is 1. The summed E-state index contributed by atoms with van der Waals surface area (Å²) in [4.78, 5) is 38.6. The molecule has 0 spiro atoms. The van der Waals surface area contributed by atoms with E-state index < -0.39 is 28.4 Å². The summed E-state index contributed by atoms with van der Waals surface area (Å²) in [5.41, 5.74) is 1.24.